The van der Waals surface area contributed by atoms with E-state index in [4.69, 9.17) is 9.47 Å². The molecule has 1 atom stereocenters. The van der Waals surface area contributed by atoms with Crippen LogP contribution in [-0.4, -0.2) is 36.5 Å². The Morgan fingerprint density at radius 1 is 1.19 bits per heavy atom. The highest BCUT2D eigenvalue weighted by molar-refractivity contribution is 5.33. The van der Waals surface area contributed by atoms with Crippen molar-refractivity contribution in [1.82, 2.24) is 5.32 Å². The second kappa shape index (κ2) is 6.24. The Balaban J connectivity index is 1.64. The third kappa shape index (κ3) is 3.69. The molecule has 1 aromatic rings. The lowest BCUT2D eigenvalue weighted by Gasteiger charge is -2.33. The second-order valence-electron chi connectivity index (χ2n) is 6.20. The van der Waals surface area contributed by atoms with Crippen LogP contribution >= 0.6 is 0 Å². The van der Waals surface area contributed by atoms with Crippen molar-refractivity contribution in [1.29, 1.82) is 0 Å². The molecule has 4 heteroatoms. The molecular weight excluding hydrogens is 266 g/mol. The van der Waals surface area contributed by atoms with Crippen LogP contribution < -0.4 is 14.8 Å². The molecule has 0 spiro atoms. The fourth-order valence-corrected chi connectivity index (χ4v) is 2.80. The highest BCUT2D eigenvalue weighted by Crippen LogP contribution is 2.41. The van der Waals surface area contributed by atoms with Gasteiger partial charge in [-0.05, 0) is 50.7 Å². The van der Waals surface area contributed by atoms with Gasteiger partial charge in [0, 0.05) is 12.1 Å². The number of benzene rings is 1. The summed E-state index contributed by atoms with van der Waals surface area (Å²) in [4.78, 5) is 0. The lowest BCUT2D eigenvalue weighted by atomic mass is 9.95. The van der Waals surface area contributed by atoms with E-state index in [0.717, 1.165) is 11.5 Å². The SMILES string of the molecule is CCOc1cccc(OCC(CO)(NC2CC2)C2CC2)c1. The van der Waals surface area contributed by atoms with Gasteiger partial charge in [0.05, 0.1) is 18.8 Å². The van der Waals surface area contributed by atoms with Crippen molar-refractivity contribution in [2.75, 3.05) is 19.8 Å². The molecule has 0 bridgehead atoms. The summed E-state index contributed by atoms with van der Waals surface area (Å²) in [6.45, 7) is 3.27. The summed E-state index contributed by atoms with van der Waals surface area (Å²) >= 11 is 0. The topological polar surface area (TPSA) is 50.7 Å². The van der Waals surface area contributed by atoms with Crippen LogP contribution in [0.4, 0.5) is 0 Å². The van der Waals surface area contributed by atoms with Crippen molar-refractivity contribution in [3.63, 3.8) is 0 Å². The van der Waals surface area contributed by atoms with E-state index in [1.165, 1.54) is 25.7 Å². The highest BCUT2D eigenvalue weighted by Gasteiger charge is 2.48. The predicted molar refractivity (Wildman–Crippen MR) is 81.8 cm³/mol. The van der Waals surface area contributed by atoms with E-state index in [-0.39, 0.29) is 12.1 Å². The molecule has 2 saturated carbocycles. The summed E-state index contributed by atoms with van der Waals surface area (Å²) < 4.78 is 11.5. The third-order valence-corrected chi connectivity index (χ3v) is 4.32. The maximum Gasteiger partial charge on any atom is 0.123 e. The largest absolute Gasteiger partial charge is 0.494 e. The highest BCUT2D eigenvalue weighted by atomic mass is 16.5. The molecule has 2 aliphatic rings. The maximum absolute atomic E-state index is 9.91. The minimum absolute atomic E-state index is 0.138. The Hall–Kier alpha value is -1.26. The number of nitrogens with one attached hydrogen (secondary N) is 1. The average Bonchev–Trinajstić information content (AvgIpc) is 3.38. The second-order valence-corrected chi connectivity index (χ2v) is 6.20. The first-order valence-corrected chi connectivity index (χ1v) is 8.00. The normalized spacial score (nSPS) is 20.9. The van der Waals surface area contributed by atoms with Crippen molar-refractivity contribution in [2.45, 2.75) is 44.2 Å². The number of hydrogen-bond acceptors (Lipinski definition) is 4. The number of rotatable bonds is 9. The van der Waals surface area contributed by atoms with Crippen LogP contribution in [0.1, 0.15) is 32.6 Å². The minimum Gasteiger partial charge on any atom is -0.494 e. The molecule has 0 saturated heterocycles. The van der Waals surface area contributed by atoms with Crippen LogP contribution in [0, 0.1) is 5.92 Å². The van der Waals surface area contributed by atoms with Crippen molar-refractivity contribution in [3.8, 4) is 11.5 Å². The fourth-order valence-electron chi connectivity index (χ4n) is 2.80. The van der Waals surface area contributed by atoms with Gasteiger partial charge in [0.15, 0.2) is 0 Å². The number of aliphatic hydroxyl groups is 1. The number of ether oxygens (including phenoxy) is 2. The van der Waals surface area contributed by atoms with Crippen LogP contribution in [0.5, 0.6) is 11.5 Å². The molecule has 116 valence electrons. The molecule has 0 aliphatic heterocycles. The maximum atomic E-state index is 9.91. The molecule has 2 N–H and O–H groups in total. The Morgan fingerprint density at radius 3 is 2.48 bits per heavy atom. The molecule has 1 aromatic carbocycles. The van der Waals surface area contributed by atoms with E-state index in [0.29, 0.717) is 25.2 Å². The van der Waals surface area contributed by atoms with Crippen molar-refractivity contribution in [3.05, 3.63) is 24.3 Å². The molecule has 21 heavy (non-hydrogen) atoms. The van der Waals surface area contributed by atoms with E-state index in [2.05, 4.69) is 5.32 Å². The monoisotopic (exact) mass is 291 g/mol. The molecule has 1 unspecified atom stereocenters. The summed E-state index contributed by atoms with van der Waals surface area (Å²) in [6.07, 6.45) is 4.80. The zero-order valence-corrected chi connectivity index (χ0v) is 12.7. The van der Waals surface area contributed by atoms with E-state index < -0.39 is 0 Å². The first kappa shape index (κ1) is 14.7. The van der Waals surface area contributed by atoms with E-state index in [1.807, 2.05) is 31.2 Å². The first-order valence-electron chi connectivity index (χ1n) is 8.00. The van der Waals surface area contributed by atoms with Gasteiger partial charge in [-0.25, -0.2) is 0 Å². The molecule has 0 aromatic heterocycles. The predicted octanol–water partition coefficient (Wildman–Crippen LogP) is 2.36. The van der Waals surface area contributed by atoms with Crippen LogP contribution in [-0.2, 0) is 0 Å². The van der Waals surface area contributed by atoms with E-state index >= 15 is 0 Å². The van der Waals surface area contributed by atoms with Crippen molar-refractivity contribution >= 4 is 0 Å². The molecule has 2 fully saturated rings. The summed E-state index contributed by atoms with van der Waals surface area (Å²) in [6, 6.07) is 8.28. The number of aliphatic hydroxyl groups excluding tert-OH is 1. The Labute approximate surface area is 126 Å². The van der Waals surface area contributed by atoms with Gasteiger partial charge in [0.2, 0.25) is 0 Å². The molecular formula is C17H25NO3. The summed E-state index contributed by atoms with van der Waals surface area (Å²) in [7, 11) is 0. The molecule has 0 radical (unpaired) electrons. The first-order chi connectivity index (χ1) is 10.3. The van der Waals surface area contributed by atoms with Gasteiger partial charge in [0.25, 0.3) is 0 Å². The van der Waals surface area contributed by atoms with Crippen LogP contribution in [0.15, 0.2) is 24.3 Å². The third-order valence-electron chi connectivity index (χ3n) is 4.32. The van der Waals surface area contributed by atoms with Gasteiger partial charge < -0.3 is 19.9 Å². The number of hydrogen-bond donors (Lipinski definition) is 2. The zero-order valence-electron chi connectivity index (χ0n) is 12.7. The lowest BCUT2D eigenvalue weighted by Crippen LogP contribution is -2.56. The Morgan fingerprint density at radius 2 is 1.90 bits per heavy atom. The summed E-state index contributed by atoms with van der Waals surface area (Å²) in [5.41, 5.74) is -0.275. The van der Waals surface area contributed by atoms with Gasteiger partial charge in [-0.15, -0.1) is 0 Å². The van der Waals surface area contributed by atoms with E-state index in [9.17, 15) is 5.11 Å². The molecule has 0 heterocycles. The molecule has 4 nitrogen and oxygen atoms in total. The standard InChI is InChI=1S/C17H25NO3/c1-2-20-15-4-3-5-16(10-15)21-12-17(11-19,13-6-7-13)18-14-8-9-14/h3-5,10,13-14,18-19H,2,6-9,11-12H2,1H3. The smallest absolute Gasteiger partial charge is 0.123 e. The van der Waals surface area contributed by atoms with Crippen molar-refractivity contribution < 1.29 is 14.6 Å². The van der Waals surface area contributed by atoms with Crippen LogP contribution in [0.2, 0.25) is 0 Å². The molecule has 3 rings (SSSR count). The van der Waals surface area contributed by atoms with E-state index in [1.54, 1.807) is 0 Å². The quantitative estimate of drug-likeness (QED) is 0.733. The van der Waals surface area contributed by atoms with Gasteiger partial charge in [-0.3, -0.25) is 0 Å². The summed E-state index contributed by atoms with van der Waals surface area (Å²) in [5, 5.41) is 13.5. The van der Waals surface area contributed by atoms with Gasteiger partial charge >= 0.3 is 0 Å². The molecule has 0 amide bonds. The molecule has 2 aliphatic carbocycles. The van der Waals surface area contributed by atoms with Gasteiger partial charge in [-0.2, -0.15) is 0 Å². The van der Waals surface area contributed by atoms with Crippen molar-refractivity contribution in [2.24, 2.45) is 5.92 Å². The Bertz CT molecular complexity index is 471. The van der Waals surface area contributed by atoms with Gasteiger partial charge in [-0.1, -0.05) is 6.07 Å². The van der Waals surface area contributed by atoms with Gasteiger partial charge in [0.1, 0.15) is 18.1 Å². The van der Waals surface area contributed by atoms with Crippen LogP contribution in [0.3, 0.4) is 0 Å². The fraction of sp³-hybridized carbons (Fsp3) is 0.647. The Kier molecular flexibility index (Phi) is 4.36. The summed E-state index contributed by atoms with van der Waals surface area (Å²) in [5.74, 6) is 2.17. The zero-order chi connectivity index (χ0) is 14.7. The lowest BCUT2D eigenvalue weighted by molar-refractivity contribution is 0.0830. The average molecular weight is 291 g/mol. The minimum atomic E-state index is -0.275. The van der Waals surface area contributed by atoms with Crippen LogP contribution in [0.25, 0.3) is 0 Å².